The molecule has 0 aromatic heterocycles. The summed E-state index contributed by atoms with van der Waals surface area (Å²) in [6, 6.07) is 8.23. The second-order valence-electron chi connectivity index (χ2n) is 6.47. The van der Waals surface area contributed by atoms with Crippen LogP contribution in [0.15, 0.2) is 34.3 Å². The lowest BCUT2D eigenvalue weighted by Gasteiger charge is -2.34. The number of rotatable bonds is 9. The molecule has 1 N–H and O–H groups in total. The number of carbonyl (C=O) groups is 1. The van der Waals surface area contributed by atoms with Gasteiger partial charge in [-0.15, -0.1) is 11.8 Å². The van der Waals surface area contributed by atoms with Gasteiger partial charge in [0, 0.05) is 17.7 Å². The molecule has 0 unspecified atom stereocenters. The smallest absolute Gasteiger partial charge is 0.364 e. The van der Waals surface area contributed by atoms with Crippen LogP contribution in [0.4, 0.5) is 0 Å². The zero-order valence-electron chi connectivity index (χ0n) is 15.6. The molecule has 0 radical (unpaired) electrons. The summed E-state index contributed by atoms with van der Waals surface area (Å²) >= 11 is 1.71. The number of carboxylic acid groups (broad SMARTS) is 1. The van der Waals surface area contributed by atoms with E-state index in [1.807, 2.05) is 19.1 Å². The molecule has 0 spiro atoms. The summed E-state index contributed by atoms with van der Waals surface area (Å²) < 4.78 is 10.7. The molecule has 0 aliphatic carbocycles. The SMILES string of the molecule is CSc1ccc(/C(C)=N\OCCCCC2COC(C)(C(=O)O)OC2)cc1. The highest BCUT2D eigenvalue weighted by molar-refractivity contribution is 7.98. The Balaban J connectivity index is 1.61. The average molecular weight is 381 g/mol. The third kappa shape index (κ3) is 6.00. The normalized spacial score (nSPS) is 23.7. The van der Waals surface area contributed by atoms with E-state index in [0.29, 0.717) is 19.8 Å². The zero-order chi connectivity index (χ0) is 19.0. The molecule has 1 fully saturated rings. The minimum atomic E-state index is -1.50. The molecule has 1 aromatic carbocycles. The molecule has 2 rings (SSSR count). The number of carboxylic acids is 1. The van der Waals surface area contributed by atoms with Crippen molar-refractivity contribution in [3.05, 3.63) is 29.8 Å². The second-order valence-corrected chi connectivity index (χ2v) is 7.35. The van der Waals surface area contributed by atoms with Gasteiger partial charge in [-0.2, -0.15) is 0 Å². The quantitative estimate of drug-likeness (QED) is 0.304. The maximum Gasteiger partial charge on any atom is 0.364 e. The molecule has 1 heterocycles. The summed E-state index contributed by atoms with van der Waals surface area (Å²) in [5, 5.41) is 13.2. The number of unbranched alkanes of at least 4 members (excludes halogenated alkanes) is 1. The van der Waals surface area contributed by atoms with E-state index in [0.717, 1.165) is 30.5 Å². The fourth-order valence-electron chi connectivity index (χ4n) is 2.56. The van der Waals surface area contributed by atoms with E-state index in [1.54, 1.807) is 11.8 Å². The topological polar surface area (TPSA) is 77.4 Å². The summed E-state index contributed by atoms with van der Waals surface area (Å²) in [5.74, 6) is -2.36. The monoisotopic (exact) mass is 381 g/mol. The maximum absolute atomic E-state index is 11.0. The van der Waals surface area contributed by atoms with Crippen molar-refractivity contribution >= 4 is 23.4 Å². The van der Waals surface area contributed by atoms with Crippen LogP contribution in [0.3, 0.4) is 0 Å². The summed E-state index contributed by atoms with van der Waals surface area (Å²) in [7, 11) is 0. The van der Waals surface area contributed by atoms with Crippen molar-refractivity contribution in [1.29, 1.82) is 0 Å². The Morgan fingerprint density at radius 1 is 1.31 bits per heavy atom. The second kappa shape index (κ2) is 9.94. The van der Waals surface area contributed by atoms with Crippen LogP contribution in [0.2, 0.25) is 0 Å². The van der Waals surface area contributed by atoms with Crippen LogP contribution in [-0.4, -0.2) is 48.7 Å². The molecule has 7 heteroatoms. The first-order chi connectivity index (χ1) is 12.4. The minimum Gasteiger partial charge on any atom is -0.477 e. The number of hydrogen-bond acceptors (Lipinski definition) is 6. The molecule has 1 aromatic rings. The standard InChI is InChI=1S/C19H27NO5S/c1-14(16-7-9-17(26-3)10-8-16)20-25-11-5-4-6-15-12-23-19(2,18(21)22)24-13-15/h7-10,15H,4-6,11-13H2,1-3H3,(H,21,22)/b20-14-. The van der Waals surface area contributed by atoms with Gasteiger partial charge in [-0.1, -0.05) is 17.3 Å². The summed E-state index contributed by atoms with van der Waals surface area (Å²) in [6.45, 7) is 4.75. The first-order valence-electron chi connectivity index (χ1n) is 8.77. The lowest BCUT2D eigenvalue weighted by atomic mass is 10.0. The first-order valence-corrected chi connectivity index (χ1v) is 9.99. The lowest BCUT2D eigenvalue weighted by molar-refractivity contribution is -0.271. The number of thioether (sulfide) groups is 1. The van der Waals surface area contributed by atoms with Gasteiger partial charge in [-0.05, 0) is 50.1 Å². The van der Waals surface area contributed by atoms with E-state index in [-0.39, 0.29) is 5.92 Å². The Morgan fingerprint density at radius 2 is 1.96 bits per heavy atom. The Morgan fingerprint density at radius 3 is 2.54 bits per heavy atom. The fraction of sp³-hybridized carbons (Fsp3) is 0.579. The van der Waals surface area contributed by atoms with E-state index in [4.69, 9.17) is 19.4 Å². The zero-order valence-corrected chi connectivity index (χ0v) is 16.4. The van der Waals surface area contributed by atoms with Crippen LogP contribution < -0.4 is 0 Å². The Bertz CT molecular complexity index is 609. The highest BCUT2D eigenvalue weighted by Gasteiger charge is 2.40. The van der Waals surface area contributed by atoms with Crippen molar-refractivity contribution in [3.63, 3.8) is 0 Å². The van der Waals surface area contributed by atoms with E-state index in [2.05, 4.69) is 23.5 Å². The van der Waals surface area contributed by atoms with Crippen LogP contribution in [0.25, 0.3) is 0 Å². The molecule has 0 amide bonds. The first kappa shape index (κ1) is 20.7. The predicted octanol–water partition coefficient (Wildman–Crippen LogP) is 3.78. The summed E-state index contributed by atoms with van der Waals surface area (Å²) in [5.41, 5.74) is 1.92. The number of hydrogen-bond donors (Lipinski definition) is 1. The maximum atomic E-state index is 11.0. The molecule has 26 heavy (non-hydrogen) atoms. The molecule has 144 valence electrons. The van der Waals surface area contributed by atoms with Crippen LogP contribution in [0.5, 0.6) is 0 Å². The van der Waals surface area contributed by atoms with Gasteiger partial charge in [0.05, 0.1) is 18.9 Å². The highest BCUT2D eigenvalue weighted by atomic mass is 32.2. The van der Waals surface area contributed by atoms with Crippen LogP contribution in [0.1, 0.15) is 38.7 Å². The number of aliphatic carboxylic acids is 1. The number of benzene rings is 1. The summed E-state index contributed by atoms with van der Waals surface area (Å²) in [4.78, 5) is 17.7. The van der Waals surface area contributed by atoms with E-state index in [1.165, 1.54) is 11.8 Å². The van der Waals surface area contributed by atoms with Crippen molar-refractivity contribution in [2.45, 2.75) is 43.8 Å². The summed E-state index contributed by atoms with van der Waals surface area (Å²) in [6.07, 6.45) is 4.81. The highest BCUT2D eigenvalue weighted by Crippen LogP contribution is 2.24. The van der Waals surface area contributed by atoms with E-state index < -0.39 is 11.8 Å². The largest absolute Gasteiger partial charge is 0.477 e. The molecule has 0 bridgehead atoms. The Labute approximate surface area is 158 Å². The van der Waals surface area contributed by atoms with E-state index in [9.17, 15) is 4.79 Å². The van der Waals surface area contributed by atoms with Crippen molar-refractivity contribution in [1.82, 2.24) is 0 Å². The molecule has 6 nitrogen and oxygen atoms in total. The van der Waals surface area contributed by atoms with Gasteiger partial charge < -0.3 is 19.4 Å². The third-order valence-electron chi connectivity index (χ3n) is 4.38. The molecular formula is C19H27NO5S. The van der Waals surface area contributed by atoms with Crippen LogP contribution in [-0.2, 0) is 19.1 Å². The number of ether oxygens (including phenoxy) is 2. The number of nitrogens with zero attached hydrogens (tertiary/aromatic N) is 1. The van der Waals surface area contributed by atoms with Gasteiger partial charge in [0.25, 0.3) is 5.79 Å². The molecule has 1 aliphatic heterocycles. The fourth-order valence-corrected chi connectivity index (χ4v) is 2.97. The average Bonchev–Trinajstić information content (AvgIpc) is 2.65. The third-order valence-corrected chi connectivity index (χ3v) is 5.13. The van der Waals surface area contributed by atoms with Crippen LogP contribution in [0, 0.1) is 5.92 Å². The molecule has 0 atom stereocenters. The van der Waals surface area contributed by atoms with Crippen molar-refractivity contribution in [2.24, 2.45) is 11.1 Å². The van der Waals surface area contributed by atoms with Crippen LogP contribution >= 0.6 is 11.8 Å². The minimum absolute atomic E-state index is 0.225. The lowest BCUT2D eigenvalue weighted by Crippen LogP contribution is -2.47. The van der Waals surface area contributed by atoms with E-state index >= 15 is 0 Å². The Kier molecular flexibility index (Phi) is 7.93. The number of oxime groups is 1. The molecule has 1 saturated heterocycles. The van der Waals surface area contributed by atoms with Crippen molar-refractivity contribution in [3.8, 4) is 0 Å². The molecule has 1 aliphatic rings. The van der Waals surface area contributed by atoms with Gasteiger partial charge in [0.2, 0.25) is 0 Å². The van der Waals surface area contributed by atoms with Crippen molar-refractivity contribution in [2.75, 3.05) is 26.1 Å². The van der Waals surface area contributed by atoms with Crippen molar-refractivity contribution < 1.29 is 24.2 Å². The van der Waals surface area contributed by atoms with Gasteiger partial charge in [-0.25, -0.2) is 4.79 Å². The predicted molar refractivity (Wildman–Crippen MR) is 102 cm³/mol. The van der Waals surface area contributed by atoms with Gasteiger partial charge in [0.15, 0.2) is 0 Å². The molecule has 0 saturated carbocycles. The van der Waals surface area contributed by atoms with Gasteiger partial charge in [0.1, 0.15) is 6.61 Å². The van der Waals surface area contributed by atoms with Gasteiger partial charge >= 0.3 is 5.97 Å². The Hall–Kier alpha value is -1.57. The molecular weight excluding hydrogens is 354 g/mol. The van der Waals surface area contributed by atoms with Gasteiger partial charge in [-0.3, -0.25) is 0 Å².